The third-order valence-electron chi connectivity index (χ3n) is 2.31. The summed E-state index contributed by atoms with van der Waals surface area (Å²) in [6.45, 7) is -0.564. The van der Waals surface area contributed by atoms with E-state index in [-0.39, 0.29) is 18.6 Å². The maximum atomic E-state index is 11.6. The van der Waals surface area contributed by atoms with Gasteiger partial charge in [-0.1, -0.05) is 0 Å². The number of hydrogen-bond acceptors (Lipinski definition) is 7. The Balaban J connectivity index is 4.23. The number of carbonyl (C=O) groups excluding carboxylic acids is 3. The van der Waals surface area contributed by atoms with Gasteiger partial charge in [-0.15, -0.1) is 0 Å². The van der Waals surface area contributed by atoms with Crippen molar-refractivity contribution in [3.63, 3.8) is 0 Å². The highest BCUT2D eigenvalue weighted by atomic mass is 35.5. The second kappa shape index (κ2) is 10.2. The summed E-state index contributed by atoms with van der Waals surface area (Å²) in [7, 11) is 0. The molecule has 0 bridgehead atoms. The van der Waals surface area contributed by atoms with Crippen LogP contribution in [0.1, 0.15) is 12.8 Å². The van der Waals surface area contributed by atoms with E-state index in [1.165, 1.54) is 0 Å². The molecule has 2 atom stereocenters. The third kappa shape index (κ3) is 8.38. The minimum absolute atomic E-state index is 0.0204. The van der Waals surface area contributed by atoms with E-state index < -0.39 is 42.4 Å². The smallest absolute Gasteiger partial charge is 0.341 e. The van der Waals surface area contributed by atoms with Crippen LogP contribution in [0.4, 0.5) is 0 Å². The topological polar surface area (TPSA) is 148 Å². The molecule has 0 aromatic carbocycles. The molecule has 0 aromatic heterocycles. The van der Waals surface area contributed by atoms with E-state index in [0.717, 1.165) is 0 Å². The molecule has 0 fully saturated rings. The number of nitrogens with one attached hydrogen (secondary N) is 2. The molecule has 2 unspecified atom stereocenters. The maximum absolute atomic E-state index is 11.6. The van der Waals surface area contributed by atoms with Crippen molar-refractivity contribution in [2.75, 3.05) is 12.3 Å². The molecule has 0 aliphatic heterocycles. The highest BCUT2D eigenvalue weighted by Crippen LogP contribution is 2.00. The van der Waals surface area contributed by atoms with Gasteiger partial charge in [0.05, 0.1) is 0 Å². The Morgan fingerprint density at radius 2 is 1.95 bits per heavy atom. The summed E-state index contributed by atoms with van der Waals surface area (Å²) in [6.07, 6.45) is -0.156. The number of rotatable bonds is 9. The van der Waals surface area contributed by atoms with Crippen LogP contribution >= 0.6 is 24.5 Å². The number of carbonyl (C=O) groups is 4. The van der Waals surface area contributed by atoms with E-state index in [9.17, 15) is 19.2 Å². The van der Waals surface area contributed by atoms with Gasteiger partial charge in [-0.05, 0) is 6.42 Å². The number of carboxylic acids is 1. The first kappa shape index (κ1) is 19.5. The van der Waals surface area contributed by atoms with E-state index in [2.05, 4.69) is 27.6 Å². The summed E-state index contributed by atoms with van der Waals surface area (Å²) in [5, 5.41) is 12.9. The molecule has 0 aromatic rings. The summed E-state index contributed by atoms with van der Waals surface area (Å²) in [4.78, 5) is 44.4. The van der Waals surface area contributed by atoms with Crippen molar-refractivity contribution in [1.82, 2.24) is 10.6 Å². The summed E-state index contributed by atoms with van der Waals surface area (Å²) >= 11 is 8.72. The SMILES string of the molecule is NC(CCC(=O)NC(CS)C(=O)NCC(=O)O)C(=O)OCl. The Labute approximate surface area is 131 Å². The van der Waals surface area contributed by atoms with Gasteiger partial charge in [0.2, 0.25) is 11.8 Å². The van der Waals surface area contributed by atoms with Crippen LogP contribution in [0, 0.1) is 0 Å². The van der Waals surface area contributed by atoms with Crippen LogP contribution < -0.4 is 16.4 Å². The standard InChI is InChI=1S/C10H16ClN3O6S/c11-20-10(19)5(12)1-2-7(15)14-6(4-21)9(18)13-3-8(16)17/h5-6,21H,1-4,12H2,(H,13,18)(H,14,15)(H,16,17). The third-order valence-corrected chi connectivity index (χ3v) is 2.83. The molecule has 120 valence electrons. The highest BCUT2D eigenvalue weighted by Gasteiger charge is 2.21. The molecule has 9 nitrogen and oxygen atoms in total. The predicted molar refractivity (Wildman–Crippen MR) is 75.6 cm³/mol. The normalized spacial score (nSPS) is 12.9. The van der Waals surface area contributed by atoms with Gasteiger partial charge in [-0.3, -0.25) is 14.4 Å². The molecular weight excluding hydrogens is 326 g/mol. The van der Waals surface area contributed by atoms with Crippen LogP contribution in [0.15, 0.2) is 0 Å². The zero-order chi connectivity index (χ0) is 16.4. The quantitative estimate of drug-likeness (QED) is 0.317. The zero-order valence-electron chi connectivity index (χ0n) is 10.9. The minimum atomic E-state index is -1.21. The van der Waals surface area contributed by atoms with Crippen molar-refractivity contribution in [1.29, 1.82) is 0 Å². The van der Waals surface area contributed by atoms with Crippen LogP contribution in [0.2, 0.25) is 0 Å². The van der Waals surface area contributed by atoms with Crippen molar-refractivity contribution in [2.24, 2.45) is 5.73 Å². The fourth-order valence-corrected chi connectivity index (χ4v) is 1.58. The fourth-order valence-electron chi connectivity index (χ4n) is 1.21. The monoisotopic (exact) mass is 341 g/mol. The van der Waals surface area contributed by atoms with Gasteiger partial charge in [-0.25, -0.2) is 4.79 Å². The number of hydrogen-bond donors (Lipinski definition) is 5. The zero-order valence-corrected chi connectivity index (χ0v) is 12.5. The molecule has 0 aliphatic carbocycles. The van der Waals surface area contributed by atoms with Crippen molar-refractivity contribution in [2.45, 2.75) is 24.9 Å². The fraction of sp³-hybridized carbons (Fsp3) is 0.600. The lowest BCUT2D eigenvalue weighted by Crippen LogP contribution is -2.49. The van der Waals surface area contributed by atoms with Crippen LogP contribution in [0.5, 0.6) is 0 Å². The number of carboxylic acid groups (broad SMARTS) is 1. The number of amides is 2. The Kier molecular flexibility index (Phi) is 9.50. The number of aliphatic carboxylic acids is 1. The van der Waals surface area contributed by atoms with Crippen LogP contribution in [0.25, 0.3) is 0 Å². The molecule has 11 heteroatoms. The highest BCUT2D eigenvalue weighted by molar-refractivity contribution is 7.80. The first-order valence-electron chi connectivity index (χ1n) is 5.79. The molecule has 0 saturated carbocycles. The molecule has 0 spiro atoms. The first-order valence-corrected chi connectivity index (χ1v) is 6.73. The molecule has 0 saturated heterocycles. The maximum Gasteiger partial charge on any atom is 0.341 e. The Morgan fingerprint density at radius 3 is 2.43 bits per heavy atom. The Morgan fingerprint density at radius 1 is 1.33 bits per heavy atom. The van der Waals surface area contributed by atoms with Crippen LogP contribution in [-0.4, -0.2) is 53.2 Å². The molecule has 2 amide bonds. The molecule has 5 N–H and O–H groups in total. The van der Waals surface area contributed by atoms with E-state index in [0.29, 0.717) is 0 Å². The van der Waals surface area contributed by atoms with Crippen molar-refractivity contribution in [3.8, 4) is 0 Å². The second-order valence-electron chi connectivity index (χ2n) is 3.96. The summed E-state index contributed by atoms with van der Waals surface area (Å²) in [6, 6.07) is -2.04. The van der Waals surface area contributed by atoms with E-state index in [1.807, 2.05) is 0 Å². The van der Waals surface area contributed by atoms with E-state index in [1.54, 1.807) is 0 Å². The summed E-state index contributed by atoms with van der Waals surface area (Å²) in [5.74, 6) is -3.32. The largest absolute Gasteiger partial charge is 0.480 e. The summed E-state index contributed by atoms with van der Waals surface area (Å²) < 4.78 is 3.88. The van der Waals surface area contributed by atoms with Crippen LogP contribution in [-0.2, 0) is 23.5 Å². The van der Waals surface area contributed by atoms with Gasteiger partial charge in [-0.2, -0.15) is 12.6 Å². The predicted octanol–water partition coefficient (Wildman–Crippen LogP) is -1.59. The second-order valence-corrected chi connectivity index (χ2v) is 4.48. The van der Waals surface area contributed by atoms with Crippen LogP contribution in [0.3, 0.4) is 0 Å². The average Bonchev–Trinajstić information content (AvgIpc) is 2.46. The van der Waals surface area contributed by atoms with Gasteiger partial charge >= 0.3 is 11.9 Å². The number of nitrogens with two attached hydrogens (primary N) is 1. The minimum Gasteiger partial charge on any atom is -0.480 e. The number of halogens is 1. The van der Waals surface area contributed by atoms with Gasteiger partial charge in [0, 0.05) is 12.2 Å². The molecule has 0 aliphatic rings. The van der Waals surface area contributed by atoms with Gasteiger partial charge < -0.3 is 25.8 Å². The van der Waals surface area contributed by atoms with Gasteiger partial charge in [0.1, 0.15) is 30.5 Å². The lowest BCUT2D eigenvalue weighted by molar-refractivity contribution is -0.138. The van der Waals surface area contributed by atoms with E-state index in [4.69, 9.17) is 22.7 Å². The van der Waals surface area contributed by atoms with E-state index >= 15 is 0 Å². The van der Waals surface area contributed by atoms with Crippen molar-refractivity contribution in [3.05, 3.63) is 0 Å². The lowest BCUT2D eigenvalue weighted by atomic mass is 10.1. The van der Waals surface area contributed by atoms with Crippen molar-refractivity contribution >= 4 is 48.2 Å². The number of thiol groups is 1. The molecular formula is C10H16ClN3O6S. The first-order chi connectivity index (χ1) is 9.81. The van der Waals surface area contributed by atoms with Gasteiger partial charge in [0.25, 0.3) is 0 Å². The molecule has 0 heterocycles. The average molecular weight is 342 g/mol. The van der Waals surface area contributed by atoms with Gasteiger partial charge in [0.15, 0.2) is 0 Å². The Hall–Kier alpha value is -1.52. The molecule has 0 rings (SSSR count). The van der Waals surface area contributed by atoms with Crippen molar-refractivity contribution < 1.29 is 28.6 Å². The Bertz CT molecular complexity index is 408. The molecule has 21 heavy (non-hydrogen) atoms. The molecule has 0 radical (unpaired) electrons. The lowest BCUT2D eigenvalue weighted by Gasteiger charge is -2.16. The summed E-state index contributed by atoms with van der Waals surface area (Å²) in [5.41, 5.74) is 5.38.